The molecule has 0 aromatic carbocycles. The summed E-state index contributed by atoms with van der Waals surface area (Å²) in [6, 6.07) is -0.585. The predicted molar refractivity (Wildman–Crippen MR) is 118 cm³/mol. The second-order valence-corrected chi connectivity index (χ2v) is 8.86. The highest BCUT2D eigenvalue weighted by atomic mass is 31.2. The van der Waals surface area contributed by atoms with Crippen molar-refractivity contribution in [3.05, 3.63) is 12.2 Å². The third-order valence-electron chi connectivity index (χ3n) is 4.76. The Morgan fingerprint density at radius 3 is 2.00 bits per heavy atom. The summed E-state index contributed by atoms with van der Waals surface area (Å²) in [5, 5.41) is 2.65. The molecule has 0 fully saturated rings. The molecular formula is C21H43N2O5P. The van der Waals surface area contributed by atoms with Gasteiger partial charge in [0, 0.05) is 13.0 Å². The van der Waals surface area contributed by atoms with Crippen molar-refractivity contribution in [1.82, 2.24) is 5.32 Å². The van der Waals surface area contributed by atoms with E-state index in [0.29, 0.717) is 6.42 Å². The fourth-order valence-electron chi connectivity index (χ4n) is 3.01. The number of carbonyl (C=O) groups is 1. The summed E-state index contributed by atoms with van der Waals surface area (Å²) in [4.78, 5) is 29.2. The van der Waals surface area contributed by atoms with Crippen molar-refractivity contribution in [2.75, 3.05) is 13.2 Å². The van der Waals surface area contributed by atoms with Gasteiger partial charge in [-0.05, 0) is 32.1 Å². The maximum Gasteiger partial charge on any atom is 0.469 e. The molecule has 172 valence electrons. The SMILES string of the molecule is CCCCCCCCC=CCCCCCCCC(=O)N[C@@H](CN)COP(=O)(O)O. The summed E-state index contributed by atoms with van der Waals surface area (Å²) in [6.07, 6.45) is 20.7. The molecule has 0 aromatic heterocycles. The lowest BCUT2D eigenvalue weighted by atomic mass is 10.1. The lowest BCUT2D eigenvalue weighted by Crippen LogP contribution is -2.43. The Morgan fingerprint density at radius 2 is 1.48 bits per heavy atom. The van der Waals surface area contributed by atoms with Gasteiger partial charge in [-0.3, -0.25) is 9.32 Å². The highest BCUT2D eigenvalue weighted by Gasteiger charge is 2.18. The molecule has 7 nitrogen and oxygen atoms in total. The normalized spacial score (nSPS) is 13.1. The number of carbonyl (C=O) groups excluding carboxylic acids is 1. The van der Waals surface area contributed by atoms with E-state index in [1.54, 1.807) is 0 Å². The van der Waals surface area contributed by atoms with Crippen LogP contribution in [0.25, 0.3) is 0 Å². The largest absolute Gasteiger partial charge is 0.469 e. The second-order valence-electron chi connectivity index (χ2n) is 7.62. The van der Waals surface area contributed by atoms with Gasteiger partial charge >= 0.3 is 7.82 Å². The van der Waals surface area contributed by atoms with Crippen LogP contribution in [0.1, 0.15) is 96.8 Å². The molecule has 29 heavy (non-hydrogen) atoms. The summed E-state index contributed by atoms with van der Waals surface area (Å²) in [5.41, 5.74) is 5.48. The van der Waals surface area contributed by atoms with E-state index in [0.717, 1.165) is 25.7 Å². The first-order chi connectivity index (χ1) is 13.9. The Kier molecular flexibility index (Phi) is 18.8. The molecule has 0 unspecified atom stereocenters. The number of unbranched alkanes of at least 4 members (excludes halogenated alkanes) is 11. The molecule has 0 spiro atoms. The van der Waals surface area contributed by atoms with E-state index in [4.69, 9.17) is 15.5 Å². The molecule has 0 saturated heterocycles. The van der Waals surface area contributed by atoms with Crippen molar-refractivity contribution in [2.45, 2.75) is 103 Å². The van der Waals surface area contributed by atoms with Crippen LogP contribution in [0.3, 0.4) is 0 Å². The lowest BCUT2D eigenvalue weighted by Gasteiger charge is -2.17. The molecule has 0 aliphatic carbocycles. The molecule has 5 N–H and O–H groups in total. The van der Waals surface area contributed by atoms with Gasteiger partial charge in [0.15, 0.2) is 0 Å². The van der Waals surface area contributed by atoms with Gasteiger partial charge in [0.05, 0.1) is 12.6 Å². The monoisotopic (exact) mass is 434 g/mol. The number of allylic oxidation sites excluding steroid dienone is 2. The molecule has 0 heterocycles. The Labute approximate surface area is 177 Å². The fraction of sp³-hybridized carbons (Fsp3) is 0.857. The Hall–Kier alpha value is -0.720. The van der Waals surface area contributed by atoms with E-state index >= 15 is 0 Å². The van der Waals surface area contributed by atoms with Crippen LogP contribution in [0.15, 0.2) is 12.2 Å². The first-order valence-corrected chi connectivity index (χ1v) is 12.8. The van der Waals surface area contributed by atoms with Crippen molar-refractivity contribution in [3.8, 4) is 0 Å². The zero-order chi connectivity index (χ0) is 21.8. The summed E-state index contributed by atoms with van der Waals surface area (Å²) in [5.74, 6) is -0.160. The third-order valence-corrected chi connectivity index (χ3v) is 5.24. The maximum absolute atomic E-state index is 11.8. The number of phosphoric acid groups is 1. The van der Waals surface area contributed by atoms with Crippen LogP contribution < -0.4 is 11.1 Å². The molecule has 1 atom stereocenters. The zero-order valence-electron chi connectivity index (χ0n) is 18.2. The van der Waals surface area contributed by atoms with Gasteiger partial charge < -0.3 is 20.8 Å². The zero-order valence-corrected chi connectivity index (χ0v) is 19.1. The molecule has 0 radical (unpaired) electrons. The van der Waals surface area contributed by atoms with Crippen LogP contribution in [0, 0.1) is 0 Å². The third kappa shape index (κ3) is 21.8. The first-order valence-electron chi connectivity index (χ1n) is 11.2. The molecule has 0 aliphatic rings. The Bertz CT molecular complexity index is 468. The first kappa shape index (κ1) is 28.3. The quantitative estimate of drug-likeness (QED) is 0.126. The van der Waals surface area contributed by atoms with E-state index < -0.39 is 13.9 Å². The number of hydrogen-bond donors (Lipinski definition) is 4. The van der Waals surface area contributed by atoms with Crippen molar-refractivity contribution < 1.29 is 23.7 Å². The van der Waals surface area contributed by atoms with Gasteiger partial charge in [-0.1, -0.05) is 70.4 Å². The van der Waals surface area contributed by atoms with Gasteiger partial charge in [-0.25, -0.2) is 4.57 Å². The van der Waals surface area contributed by atoms with E-state index in [1.807, 2.05) is 0 Å². The second kappa shape index (κ2) is 19.3. The average Bonchev–Trinajstić information content (AvgIpc) is 2.67. The smallest absolute Gasteiger partial charge is 0.350 e. The molecule has 8 heteroatoms. The van der Waals surface area contributed by atoms with Crippen LogP contribution in [-0.4, -0.2) is 34.9 Å². The molecule has 1 amide bonds. The molecule has 0 aromatic rings. The average molecular weight is 435 g/mol. The summed E-state index contributed by atoms with van der Waals surface area (Å²) in [7, 11) is -4.54. The van der Waals surface area contributed by atoms with E-state index in [2.05, 4.69) is 28.9 Å². The standard InChI is InChI=1S/C21H43N2O5P/c1-2-3-4-5-6-7-8-9-10-11-12-13-14-15-16-17-21(24)23-20(18-22)19-28-29(25,26)27/h9-10,20H,2-8,11-19,22H2,1H3,(H,23,24)(H2,25,26,27)/t20-/m0/s1. The highest BCUT2D eigenvalue weighted by molar-refractivity contribution is 7.46. The van der Waals surface area contributed by atoms with Gasteiger partial charge in [-0.15, -0.1) is 0 Å². The fourth-order valence-corrected chi connectivity index (χ4v) is 3.39. The van der Waals surface area contributed by atoms with Gasteiger partial charge in [0.1, 0.15) is 0 Å². The van der Waals surface area contributed by atoms with Crippen molar-refractivity contribution in [3.63, 3.8) is 0 Å². The minimum Gasteiger partial charge on any atom is -0.350 e. The molecule has 0 bridgehead atoms. The number of nitrogens with one attached hydrogen (secondary N) is 1. The van der Waals surface area contributed by atoms with Crippen LogP contribution in [0.2, 0.25) is 0 Å². The Morgan fingerprint density at radius 1 is 0.966 bits per heavy atom. The summed E-state index contributed by atoms with van der Waals surface area (Å²) in [6.45, 7) is 2.02. The lowest BCUT2D eigenvalue weighted by molar-refractivity contribution is -0.122. The van der Waals surface area contributed by atoms with E-state index in [9.17, 15) is 9.36 Å². The van der Waals surface area contributed by atoms with Crippen LogP contribution in [0.5, 0.6) is 0 Å². The molecule has 0 aliphatic heterocycles. The van der Waals surface area contributed by atoms with Crippen molar-refractivity contribution in [1.29, 1.82) is 0 Å². The van der Waals surface area contributed by atoms with Gasteiger partial charge in [0.25, 0.3) is 0 Å². The van der Waals surface area contributed by atoms with Crippen LogP contribution >= 0.6 is 7.82 Å². The van der Waals surface area contributed by atoms with E-state index in [1.165, 1.54) is 57.8 Å². The minimum atomic E-state index is -4.54. The molecular weight excluding hydrogens is 391 g/mol. The highest BCUT2D eigenvalue weighted by Crippen LogP contribution is 2.35. The summed E-state index contributed by atoms with van der Waals surface area (Å²) >= 11 is 0. The van der Waals surface area contributed by atoms with Gasteiger partial charge in [-0.2, -0.15) is 0 Å². The molecule has 0 rings (SSSR count). The Balaban J connectivity index is 3.49. The van der Waals surface area contributed by atoms with Crippen LogP contribution in [-0.2, 0) is 13.9 Å². The number of phosphoric ester groups is 1. The minimum absolute atomic E-state index is 0.0676. The topological polar surface area (TPSA) is 122 Å². The molecule has 0 saturated carbocycles. The number of amides is 1. The number of nitrogens with two attached hydrogens (primary N) is 1. The number of hydrogen-bond acceptors (Lipinski definition) is 4. The summed E-state index contributed by atoms with van der Waals surface area (Å²) < 4.78 is 15.1. The van der Waals surface area contributed by atoms with Crippen molar-refractivity contribution >= 4 is 13.7 Å². The maximum atomic E-state index is 11.8. The number of rotatable bonds is 20. The van der Waals surface area contributed by atoms with E-state index in [-0.39, 0.29) is 19.1 Å². The van der Waals surface area contributed by atoms with Crippen molar-refractivity contribution in [2.24, 2.45) is 5.73 Å². The predicted octanol–water partition coefficient (Wildman–Crippen LogP) is 4.58. The van der Waals surface area contributed by atoms with Gasteiger partial charge in [0.2, 0.25) is 5.91 Å². The van der Waals surface area contributed by atoms with Crippen LogP contribution in [0.4, 0.5) is 0 Å².